The third-order valence-corrected chi connectivity index (χ3v) is 5.48. The first-order valence-corrected chi connectivity index (χ1v) is 8.71. The lowest BCUT2D eigenvalue weighted by Gasteiger charge is -2.22. The van der Waals surface area contributed by atoms with Crippen LogP contribution < -0.4 is 14.4 Å². The van der Waals surface area contributed by atoms with E-state index in [0.717, 1.165) is 10.6 Å². The number of aliphatic hydroxyl groups excluding tert-OH is 1. The molecule has 1 aromatic heterocycles. The van der Waals surface area contributed by atoms with Gasteiger partial charge in [0.1, 0.15) is 28.1 Å². The van der Waals surface area contributed by atoms with E-state index in [1.807, 2.05) is 13.8 Å². The molecule has 0 fully saturated rings. The molecule has 0 bridgehead atoms. The second-order valence-corrected chi connectivity index (χ2v) is 7.19. The van der Waals surface area contributed by atoms with Crippen molar-refractivity contribution in [1.82, 2.24) is 4.98 Å². The molecule has 132 valence electrons. The van der Waals surface area contributed by atoms with Crippen LogP contribution in [0.25, 0.3) is 5.57 Å². The number of anilines is 1. The molecule has 1 aromatic carbocycles. The lowest BCUT2D eigenvalue weighted by atomic mass is 10.2. The minimum absolute atomic E-state index is 0.106. The summed E-state index contributed by atoms with van der Waals surface area (Å²) in [5.41, 5.74) is 1.94. The molecule has 3 rings (SSSR count). The van der Waals surface area contributed by atoms with E-state index < -0.39 is 0 Å². The summed E-state index contributed by atoms with van der Waals surface area (Å²) in [7, 11) is 3.05. The zero-order chi connectivity index (χ0) is 18.3. The first-order valence-electron chi connectivity index (χ1n) is 7.51. The fourth-order valence-corrected chi connectivity index (χ4v) is 3.86. The molecule has 8 heteroatoms. The molecule has 0 atom stereocenters. The number of hydrogen-bond acceptors (Lipinski definition) is 6. The van der Waals surface area contributed by atoms with Gasteiger partial charge in [-0.1, -0.05) is 11.6 Å². The van der Waals surface area contributed by atoms with Gasteiger partial charge in [0.2, 0.25) is 0 Å². The van der Waals surface area contributed by atoms with Crippen molar-refractivity contribution in [3.63, 3.8) is 0 Å². The molecule has 0 aliphatic carbocycles. The number of methoxy groups -OCH3 is 2. The van der Waals surface area contributed by atoms with Crippen LogP contribution in [0.1, 0.15) is 15.6 Å². The summed E-state index contributed by atoms with van der Waals surface area (Å²) in [5, 5.41) is 20.1. The van der Waals surface area contributed by atoms with E-state index in [1.54, 1.807) is 17.0 Å². The van der Waals surface area contributed by atoms with Crippen LogP contribution in [0, 0.1) is 19.3 Å². The molecule has 25 heavy (non-hydrogen) atoms. The number of nitrogens with one attached hydrogen (secondary N) is 1. The number of halogens is 1. The van der Waals surface area contributed by atoms with Gasteiger partial charge >= 0.3 is 0 Å². The smallest absolute Gasteiger partial charge is 0.144 e. The van der Waals surface area contributed by atoms with Crippen LogP contribution in [-0.2, 0) is 0 Å². The van der Waals surface area contributed by atoms with E-state index in [2.05, 4.69) is 4.98 Å². The number of aryl methyl sites for hydroxylation is 2. The number of aromatic nitrogens is 1. The van der Waals surface area contributed by atoms with E-state index in [9.17, 15) is 5.11 Å². The third kappa shape index (κ3) is 2.94. The number of hydrogen-bond donors (Lipinski definition) is 2. The average Bonchev–Trinajstić information content (AvgIpc) is 3.05. The molecule has 0 saturated heterocycles. The Kier molecular flexibility index (Phi) is 4.62. The van der Waals surface area contributed by atoms with Crippen molar-refractivity contribution in [2.45, 2.75) is 13.8 Å². The number of thiazole rings is 1. The molecule has 0 radical (unpaired) electrons. The van der Waals surface area contributed by atoms with Gasteiger partial charge in [-0.2, -0.15) is 0 Å². The Hall–Kier alpha value is -2.25. The second kappa shape index (κ2) is 6.57. The predicted molar refractivity (Wildman–Crippen MR) is 101 cm³/mol. The summed E-state index contributed by atoms with van der Waals surface area (Å²) in [6.45, 7) is 4.04. The molecule has 2 aromatic rings. The van der Waals surface area contributed by atoms with Crippen molar-refractivity contribution >= 4 is 40.0 Å². The SMILES string of the molecule is COc1cc(N2CC(O)=C(c3nc(C)c(C)s3)C2=N)c(OC)cc1Cl. The summed E-state index contributed by atoms with van der Waals surface area (Å²) in [5.74, 6) is 1.24. The number of ether oxygens (including phenoxy) is 2. The maximum atomic E-state index is 10.5. The van der Waals surface area contributed by atoms with Crippen LogP contribution in [0.4, 0.5) is 5.69 Å². The van der Waals surface area contributed by atoms with Crippen molar-refractivity contribution in [1.29, 1.82) is 5.41 Å². The average molecular weight is 380 g/mol. The first-order chi connectivity index (χ1) is 11.9. The van der Waals surface area contributed by atoms with E-state index in [4.69, 9.17) is 26.5 Å². The van der Waals surface area contributed by atoms with Crippen LogP contribution in [0.5, 0.6) is 11.5 Å². The predicted octanol–water partition coefficient (Wildman–Crippen LogP) is 4.20. The normalized spacial score (nSPS) is 14.4. The highest BCUT2D eigenvalue weighted by Gasteiger charge is 2.33. The van der Waals surface area contributed by atoms with E-state index in [-0.39, 0.29) is 18.1 Å². The second-order valence-electron chi connectivity index (χ2n) is 5.58. The number of rotatable bonds is 4. The fraction of sp³-hybridized carbons (Fsp3) is 0.294. The highest BCUT2D eigenvalue weighted by molar-refractivity contribution is 7.13. The third-order valence-electron chi connectivity index (χ3n) is 4.09. The van der Waals surface area contributed by atoms with E-state index >= 15 is 0 Å². The molecular formula is C17H18ClN3O3S. The zero-order valence-electron chi connectivity index (χ0n) is 14.3. The lowest BCUT2D eigenvalue weighted by Crippen LogP contribution is -2.26. The van der Waals surface area contributed by atoms with Crippen LogP contribution in [0.3, 0.4) is 0 Å². The van der Waals surface area contributed by atoms with Gasteiger partial charge in [-0.3, -0.25) is 5.41 Å². The molecule has 2 N–H and O–H groups in total. The molecule has 6 nitrogen and oxygen atoms in total. The van der Waals surface area contributed by atoms with Crippen molar-refractivity contribution in [3.05, 3.63) is 38.5 Å². The van der Waals surface area contributed by atoms with Gasteiger partial charge in [-0.15, -0.1) is 11.3 Å². The maximum absolute atomic E-state index is 10.5. The van der Waals surface area contributed by atoms with Crippen LogP contribution in [0.15, 0.2) is 17.9 Å². The molecule has 1 aliphatic heterocycles. The first kappa shape index (κ1) is 17.6. The van der Waals surface area contributed by atoms with Crippen LogP contribution in [0.2, 0.25) is 5.02 Å². The highest BCUT2D eigenvalue weighted by atomic mass is 35.5. The summed E-state index contributed by atoms with van der Waals surface area (Å²) in [6, 6.07) is 3.33. The Balaban J connectivity index is 2.03. The summed E-state index contributed by atoms with van der Waals surface area (Å²) >= 11 is 7.61. The minimum Gasteiger partial charge on any atom is -0.510 e. The van der Waals surface area contributed by atoms with Gasteiger partial charge in [-0.05, 0) is 13.8 Å². The number of benzene rings is 1. The minimum atomic E-state index is 0.106. The standard InChI is InChI=1S/C17H18ClN3O3S/c1-8-9(2)25-17(20-8)15-12(22)7-21(16(15)19)11-6-13(23-3)10(18)5-14(11)24-4/h5-6,19,22H,7H2,1-4H3. The topological polar surface area (TPSA) is 78.7 Å². The fourth-order valence-electron chi connectivity index (χ4n) is 2.64. The maximum Gasteiger partial charge on any atom is 0.144 e. The molecule has 0 saturated carbocycles. The number of amidine groups is 1. The zero-order valence-corrected chi connectivity index (χ0v) is 15.9. The molecule has 0 unspecified atom stereocenters. The lowest BCUT2D eigenvalue weighted by molar-refractivity contribution is 0.400. The quantitative estimate of drug-likeness (QED) is 0.832. The molecule has 0 amide bonds. The molecule has 2 heterocycles. The Bertz CT molecular complexity index is 872. The van der Waals surface area contributed by atoms with Gasteiger partial charge in [0, 0.05) is 17.0 Å². The number of aliphatic hydroxyl groups is 1. The van der Waals surface area contributed by atoms with Crippen molar-refractivity contribution < 1.29 is 14.6 Å². The monoisotopic (exact) mass is 379 g/mol. The van der Waals surface area contributed by atoms with Gasteiger partial charge < -0.3 is 19.5 Å². The van der Waals surface area contributed by atoms with Crippen molar-refractivity contribution in [2.75, 3.05) is 25.7 Å². The van der Waals surface area contributed by atoms with E-state index in [0.29, 0.717) is 32.8 Å². The Morgan fingerprint density at radius 1 is 1.24 bits per heavy atom. The van der Waals surface area contributed by atoms with Gasteiger partial charge in [0.25, 0.3) is 0 Å². The van der Waals surface area contributed by atoms with E-state index in [1.165, 1.54) is 25.6 Å². The van der Waals surface area contributed by atoms with Gasteiger partial charge in [-0.25, -0.2) is 4.98 Å². The Morgan fingerprint density at radius 2 is 1.92 bits per heavy atom. The molecular weight excluding hydrogens is 362 g/mol. The van der Waals surface area contributed by atoms with Crippen LogP contribution >= 0.6 is 22.9 Å². The van der Waals surface area contributed by atoms with Gasteiger partial charge in [0.15, 0.2) is 0 Å². The van der Waals surface area contributed by atoms with Crippen molar-refractivity contribution in [3.8, 4) is 11.5 Å². The molecule has 1 aliphatic rings. The summed E-state index contributed by atoms with van der Waals surface area (Å²) < 4.78 is 10.7. The van der Waals surface area contributed by atoms with Crippen LogP contribution in [-0.4, -0.2) is 36.7 Å². The number of nitrogens with zero attached hydrogens (tertiary/aromatic N) is 2. The largest absolute Gasteiger partial charge is 0.510 e. The molecule has 0 spiro atoms. The van der Waals surface area contributed by atoms with Crippen molar-refractivity contribution in [2.24, 2.45) is 0 Å². The summed E-state index contributed by atoms with van der Waals surface area (Å²) in [4.78, 5) is 7.18. The highest BCUT2D eigenvalue weighted by Crippen LogP contribution is 2.42. The summed E-state index contributed by atoms with van der Waals surface area (Å²) in [6.07, 6.45) is 0. The Labute approximate surface area is 154 Å². The van der Waals surface area contributed by atoms with Gasteiger partial charge in [0.05, 0.1) is 42.7 Å². The Morgan fingerprint density at radius 3 is 2.48 bits per heavy atom.